The second-order valence-electron chi connectivity index (χ2n) is 7.07. The van der Waals surface area contributed by atoms with E-state index in [4.69, 9.17) is 11.6 Å². The number of nitrogens with zero attached hydrogens (tertiary/aromatic N) is 1. The van der Waals surface area contributed by atoms with Crippen molar-refractivity contribution in [1.82, 2.24) is 9.62 Å². The van der Waals surface area contributed by atoms with Crippen LogP contribution in [0, 0.1) is 0 Å². The quantitative estimate of drug-likeness (QED) is 0.779. The van der Waals surface area contributed by atoms with E-state index < -0.39 is 10.0 Å². The van der Waals surface area contributed by atoms with Gasteiger partial charge in [0.2, 0.25) is 10.0 Å². The first-order valence-electron chi connectivity index (χ1n) is 9.55. The predicted molar refractivity (Wildman–Crippen MR) is 111 cm³/mol. The molecular weight excluding hydrogens is 396 g/mol. The number of amides is 1. The molecular formula is C21H25ClN2O3S. The van der Waals surface area contributed by atoms with Crippen molar-refractivity contribution < 1.29 is 13.2 Å². The first-order chi connectivity index (χ1) is 13.4. The number of carbonyl (C=O) groups is 1. The van der Waals surface area contributed by atoms with Crippen molar-refractivity contribution in [1.29, 1.82) is 0 Å². The number of hydrogen-bond donors (Lipinski definition) is 1. The van der Waals surface area contributed by atoms with Crippen LogP contribution in [0.5, 0.6) is 0 Å². The molecule has 3 rings (SSSR count). The fraction of sp³-hybridized carbons (Fsp3) is 0.381. The minimum Gasteiger partial charge on any atom is -0.346 e. The minimum atomic E-state index is -3.73. The smallest absolute Gasteiger partial charge is 0.251 e. The summed E-state index contributed by atoms with van der Waals surface area (Å²) >= 11 is 6.21. The molecule has 1 fully saturated rings. The van der Waals surface area contributed by atoms with E-state index in [-0.39, 0.29) is 27.4 Å². The van der Waals surface area contributed by atoms with Crippen LogP contribution >= 0.6 is 11.6 Å². The third kappa shape index (κ3) is 4.74. The number of rotatable bonds is 5. The molecule has 0 aromatic heterocycles. The summed E-state index contributed by atoms with van der Waals surface area (Å²) in [6, 6.07) is 13.8. The molecule has 1 atom stereocenters. The predicted octanol–water partition coefficient (Wildman–Crippen LogP) is 4.40. The summed E-state index contributed by atoms with van der Waals surface area (Å²) in [5.74, 6) is -0.333. The lowest BCUT2D eigenvalue weighted by molar-refractivity contribution is 0.0939. The van der Waals surface area contributed by atoms with Crippen LogP contribution in [-0.2, 0) is 10.0 Å². The Balaban J connectivity index is 1.83. The Hall–Kier alpha value is -1.89. The van der Waals surface area contributed by atoms with Gasteiger partial charge in [-0.3, -0.25) is 4.79 Å². The van der Waals surface area contributed by atoms with Crippen LogP contribution in [0.15, 0.2) is 53.4 Å². The number of nitrogens with one attached hydrogen (secondary N) is 1. The fourth-order valence-corrected chi connectivity index (χ4v) is 5.39. The lowest BCUT2D eigenvalue weighted by Gasteiger charge is -2.21. The molecule has 1 aliphatic heterocycles. The van der Waals surface area contributed by atoms with Crippen molar-refractivity contribution in [3.63, 3.8) is 0 Å². The molecule has 7 heteroatoms. The summed E-state index contributed by atoms with van der Waals surface area (Å²) in [5, 5.41) is 3.05. The molecule has 0 aliphatic carbocycles. The van der Waals surface area contributed by atoms with Crippen molar-refractivity contribution in [3.8, 4) is 0 Å². The van der Waals surface area contributed by atoms with Gasteiger partial charge >= 0.3 is 0 Å². The molecule has 0 radical (unpaired) electrons. The summed E-state index contributed by atoms with van der Waals surface area (Å²) in [7, 11) is -3.73. The normalized spacial score (nSPS) is 16.9. The molecule has 150 valence electrons. The Bertz CT molecular complexity index is 924. The molecule has 2 aromatic rings. The summed E-state index contributed by atoms with van der Waals surface area (Å²) in [6.07, 6.45) is 3.73. The number of hydrogen-bond acceptors (Lipinski definition) is 3. The zero-order valence-electron chi connectivity index (χ0n) is 15.9. The average Bonchev–Trinajstić information content (AvgIpc) is 2.99. The minimum absolute atomic E-state index is 0.00363. The molecule has 1 N–H and O–H groups in total. The highest BCUT2D eigenvalue weighted by Gasteiger charge is 2.28. The second kappa shape index (κ2) is 9.07. The Morgan fingerprint density at radius 3 is 2.32 bits per heavy atom. The molecule has 0 bridgehead atoms. The van der Waals surface area contributed by atoms with Gasteiger partial charge in [0, 0.05) is 18.7 Å². The van der Waals surface area contributed by atoms with E-state index in [0.717, 1.165) is 31.2 Å². The van der Waals surface area contributed by atoms with Gasteiger partial charge < -0.3 is 5.32 Å². The molecule has 2 aromatic carbocycles. The maximum atomic E-state index is 13.1. The molecule has 5 nitrogen and oxygen atoms in total. The van der Waals surface area contributed by atoms with Gasteiger partial charge in [0.1, 0.15) is 4.90 Å². The van der Waals surface area contributed by atoms with Crippen molar-refractivity contribution in [3.05, 3.63) is 64.7 Å². The lowest BCUT2D eigenvalue weighted by Crippen LogP contribution is -2.32. The van der Waals surface area contributed by atoms with Crippen LogP contribution in [0.3, 0.4) is 0 Å². The van der Waals surface area contributed by atoms with E-state index in [2.05, 4.69) is 5.32 Å². The highest BCUT2D eigenvalue weighted by molar-refractivity contribution is 7.89. The van der Waals surface area contributed by atoms with Gasteiger partial charge in [-0.2, -0.15) is 4.31 Å². The first kappa shape index (κ1) is 20.8. The topological polar surface area (TPSA) is 66.5 Å². The Kier molecular flexibility index (Phi) is 6.75. The van der Waals surface area contributed by atoms with E-state index in [1.54, 1.807) is 6.07 Å². The van der Waals surface area contributed by atoms with Gasteiger partial charge in [-0.25, -0.2) is 8.42 Å². The van der Waals surface area contributed by atoms with Gasteiger partial charge in [0.05, 0.1) is 11.1 Å². The third-order valence-electron chi connectivity index (χ3n) is 5.02. The molecule has 28 heavy (non-hydrogen) atoms. The highest BCUT2D eigenvalue weighted by Crippen LogP contribution is 2.28. The molecule has 0 spiro atoms. The number of benzene rings is 2. The maximum absolute atomic E-state index is 13.1. The maximum Gasteiger partial charge on any atom is 0.251 e. The molecule has 1 heterocycles. The summed E-state index contributed by atoms with van der Waals surface area (Å²) < 4.78 is 27.7. The summed E-state index contributed by atoms with van der Waals surface area (Å²) in [5.41, 5.74) is 1.25. The average molecular weight is 421 g/mol. The largest absolute Gasteiger partial charge is 0.346 e. The van der Waals surface area contributed by atoms with Crippen molar-refractivity contribution in [2.45, 2.75) is 43.5 Å². The molecule has 0 saturated carbocycles. The zero-order chi connectivity index (χ0) is 20.1. The van der Waals surface area contributed by atoms with E-state index in [9.17, 15) is 13.2 Å². The van der Waals surface area contributed by atoms with Gasteiger partial charge in [0.25, 0.3) is 5.91 Å². The first-order valence-corrected chi connectivity index (χ1v) is 11.4. The van der Waals surface area contributed by atoms with Crippen LogP contribution in [0.1, 0.15) is 54.6 Å². The third-order valence-corrected chi connectivity index (χ3v) is 7.40. The van der Waals surface area contributed by atoms with Crippen molar-refractivity contribution in [2.24, 2.45) is 0 Å². The summed E-state index contributed by atoms with van der Waals surface area (Å²) in [6.45, 7) is 2.86. The lowest BCUT2D eigenvalue weighted by atomic mass is 10.1. The van der Waals surface area contributed by atoms with E-state index in [0.29, 0.717) is 13.1 Å². The van der Waals surface area contributed by atoms with Gasteiger partial charge in [-0.15, -0.1) is 0 Å². The summed E-state index contributed by atoms with van der Waals surface area (Å²) in [4.78, 5) is 12.7. The van der Waals surface area contributed by atoms with Crippen molar-refractivity contribution in [2.75, 3.05) is 13.1 Å². The van der Waals surface area contributed by atoms with Crippen LogP contribution in [0.2, 0.25) is 5.02 Å². The van der Waals surface area contributed by atoms with Crippen molar-refractivity contribution >= 4 is 27.5 Å². The Morgan fingerprint density at radius 2 is 1.68 bits per heavy atom. The monoisotopic (exact) mass is 420 g/mol. The molecule has 1 amide bonds. The second-order valence-corrected chi connectivity index (χ2v) is 9.38. The van der Waals surface area contributed by atoms with Crippen LogP contribution in [0.4, 0.5) is 0 Å². The van der Waals surface area contributed by atoms with Gasteiger partial charge in [-0.05, 0) is 43.5 Å². The fourth-order valence-electron chi connectivity index (χ4n) is 3.37. The molecule has 1 saturated heterocycles. The van der Waals surface area contributed by atoms with Crippen LogP contribution in [-0.4, -0.2) is 31.7 Å². The standard InChI is InChI=1S/C21H25ClN2O3S/c1-16(17-9-5-4-6-10-17)23-21(25)18-11-12-19(22)20(15-18)28(26,27)24-13-7-2-3-8-14-24/h4-6,9-12,15-16H,2-3,7-8,13-14H2,1H3,(H,23,25)/t16-/m1/s1. The Labute approximate surface area is 171 Å². The highest BCUT2D eigenvalue weighted by atomic mass is 35.5. The SMILES string of the molecule is C[C@@H](NC(=O)c1ccc(Cl)c(S(=O)(=O)N2CCCCCC2)c1)c1ccccc1. The van der Waals surface area contributed by atoms with Crippen LogP contribution in [0.25, 0.3) is 0 Å². The number of sulfonamides is 1. The molecule has 1 aliphatic rings. The Morgan fingerprint density at radius 1 is 1.04 bits per heavy atom. The zero-order valence-corrected chi connectivity index (χ0v) is 17.5. The van der Waals surface area contributed by atoms with E-state index in [1.165, 1.54) is 16.4 Å². The van der Waals surface area contributed by atoms with Crippen LogP contribution < -0.4 is 5.32 Å². The van der Waals surface area contributed by atoms with E-state index >= 15 is 0 Å². The van der Waals surface area contributed by atoms with Gasteiger partial charge in [0.15, 0.2) is 0 Å². The molecule has 0 unspecified atom stereocenters. The van der Waals surface area contributed by atoms with E-state index in [1.807, 2.05) is 37.3 Å². The number of carbonyl (C=O) groups excluding carboxylic acids is 1. The number of halogens is 1. The van der Waals surface area contributed by atoms with Gasteiger partial charge in [-0.1, -0.05) is 54.8 Å².